The Balaban J connectivity index is 1.75. The van der Waals surface area contributed by atoms with E-state index in [-0.39, 0.29) is 23.7 Å². The van der Waals surface area contributed by atoms with Gasteiger partial charge in [-0.1, -0.05) is 18.2 Å². The predicted octanol–water partition coefficient (Wildman–Crippen LogP) is 1.56. The number of aryl methyl sites for hydroxylation is 1. The standard InChI is InChI=1S/C16H22N2O3S/c19-10-3-9-17-15(20)8-11-22-14-7-6-12-4-1-2-5-13(12)18-16(14)21/h1-2,4-5,14,19H,3,6-11H2,(H,17,20)(H,18,21). The van der Waals surface area contributed by atoms with Gasteiger partial charge in [0.1, 0.15) is 0 Å². The highest BCUT2D eigenvalue weighted by molar-refractivity contribution is 8.00. The van der Waals surface area contributed by atoms with E-state index < -0.39 is 0 Å². The van der Waals surface area contributed by atoms with Crippen molar-refractivity contribution in [3.63, 3.8) is 0 Å². The Kier molecular flexibility index (Phi) is 6.74. The van der Waals surface area contributed by atoms with Crippen LogP contribution >= 0.6 is 11.8 Å². The molecule has 1 aliphatic rings. The highest BCUT2D eigenvalue weighted by Crippen LogP contribution is 2.27. The molecule has 1 aliphatic heterocycles. The number of hydrogen-bond acceptors (Lipinski definition) is 4. The first-order valence-electron chi connectivity index (χ1n) is 7.58. The van der Waals surface area contributed by atoms with E-state index in [1.165, 1.54) is 17.3 Å². The minimum absolute atomic E-state index is 0.0237. The molecule has 5 nitrogen and oxygen atoms in total. The molecule has 0 saturated carbocycles. The number of para-hydroxylation sites is 1. The Hall–Kier alpha value is -1.53. The van der Waals surface area contributed by atoms with E-state index in [9.17, 15) is 9.59 Å². The van der Waals surface area contributed by atoms with Crippen LogP contribution in [0.25, 0.3) is 0 Å². The summed E-state index contributed by atoms with van der Waals surface area (Å²) in [7, 11) is 0. The number of fused-ring (bicyclic) bond motifs is 1. The van der Waals surface area contributed by atoms with E-state index in [4.69, 9.17) is 5.11 Å². The molecule has 1 unspecified atom stereocenters. The van der Waals surface area contributed by atoms with Crippen LogP contribution < -0.4 is 10.6 Å². The fourth-order valence-electron chi connectivity index (χ4n) is 2.34. The van der Waals surface area contributed by atoms with Gasteiger partial charge >= 0.3 is 0 Å². The number of benzene rings is 1. The maximum absolute atomic E-state index is 12.2. The molecule has 6 heteroatoms. The second kappa shape index (κ2) is 8.80. The summed E-state index contributed by atoms with van der Waals surface area (Å²) in [5.74, 6) is 0.619. The number of thioether (sulfide) groups is 1. The smallest absolute Gasteiger partial charge is 0.237 e. The summed E-state index contributed by atoms with van der Waals surface area (Å²) in [6.45, 7) is 0.580. The summed E-state index contributed by atoms with van der Waals surface area (Å²) in [6.07, 6.45) is 2.63. The van der Waals surface area contributed by atoms with Crippen LogP contribution in [0.1, 0.15) is 24.8 Å². The van der Waals surface area contributed by atoms with E-state index in [2.05, 4.69) is 10.6 Å². The third-order valence-corrected chi connectivity index (χ3v) is 4.84. The molecule has 1 aromatic rings. The predicted molar refractivity (Wildman–Crippen MR) is 89.0 cm³/mol. The van der Waals surface area contributed by atoms with Crippen molar-refractivity contribution in [2.24, 2.45) is 0 Å². The number of nitrogens with one attached hydrogen (secondary N) is 2. The zero-order valence-electron chi connectivity index (χ0n) is 12.5. The van der Waals surface area contributed by atoms with Gasteiger partial charge in [-0.3, -0.25) is 9.59 Å². The first-order valence-corrected chi connectivity index (χ1v) is 8.63. The molecule has 1 atom stereocenters. The van der Waals surface area contributed by atoms with Crippen molar-refractivity contribution in [1.82, 2.24) is 5.32 Å². The number of amides is 2. The van der Waals surface area contributed by atoms with Crippen molar-refractivity contribution in [2.45, 2.75) is 30.9 Å². The number of carbonyl (C=O) groups is 2. The van der Waals surface area contributed by atoms with Crippen LogP contribution in [0.2, 0.25) is 0 Å². The summed E-state index contributed by atoms with van der Waals surface area (Å²) in [6, 6.07) is 7.87. The van der Waals surface area contributed by atoms with Gasteiger partial charge in [-0.05, 0) is 30.9 Å². The van der Waals surface area contributed by atoms with E-state index in [1.807, 2.05) is 24.3 Å². The van der Waals surface area contributed by atoms with Crippen LogP contribution in [0.3, 0.4) is 0 Å². The SMILES string of the molecule is O=C(CCSC1CCc2ccccc2NC1=O)NCCCO. The maximum Gasteiger partial charge on any atom is 0.237 e. The average Bonchev–Trinajstić information content (AvgIpc) is 2.67. The highest BCUT2D eigenvalue weighted by atomic mass is 32.2. The molecule has 0 aromatic heterocycles. The van der Waals surface area contributed by atoms with Gasteiger partial charge in [-0.25, -0.2) is 0 Å². The van der Waals surface area contributed by atoms with Crippen LogP contribution in [0, 0.1) is 0 Å². The zero-order valence-corrected chi connectivity index (χ0v) is 13.3. The number of hydrogen-bond donors (Lipinski definition) is 3. The summed E-state index contributed by atoms with van der Waals surface area (Å²) in [5, 5.41) is 14.3. The number of aliphatic hydroxyl groups is 1. The Labute approximate surface area is 134 Å². The largest absolute Gasteiger partial charge is 0.396 e. The Morgan fingerprint density at radius 2 is 2.23 bits per heavy atom. The molecular weight excluding hydrogens is 300 g/mol. The fraction of sp³-hybridized carbons (Fsp3) is 0.500. The van der Waals surface area contributed by atoms with Gasteiger partial charge < -0.3 is 15.7 Å². The number of carbonyl (C=O) groups excluding carboxylic acids is 2. The topological polar surface area (TPSA) is 78.4 Å². The second-order valence-corrected chi connectivity index (χ2v) is 6.53. The molecule has 0 aliphatic carbocycles. The molecule has 0 radical (unpaired) electrons. The monoisotopic (exact) mass is 322 g/mol. The Morgan fingerprint density at radius 3 is 3.05 bits per heavy atom. The normalized spacial score (nSPS) is 17.3. The quantitative estimate of drug-likeness (QED) is 0.666. The van der Waals surface area contributed by atoms with Crippen LogP contribution in [0.15, 0.2) is 24.3 Å². The fourth-order valence-corrected chi connectivity index (χ4v) is 3.42. The maximum atomic E-state index is 12.2. The molecule has 0 bridgehead atoms. The van der Waals surface area contributed by atoms with Crippen molar-refractivity contribution in [2.75, 3.05) is 24.2 Å². The molecule has 3 N–H and O–H groups in total. The number of aliphatic hydroxyl groups excluding tert-OH is 1. The van der Waals surface area contributed by atoms with E-state index >= 15 is 0 Å². The molecular formula is C16H22N2O3S. The minimum Gasteiger partial charge on any atom is -0.396 e. The average molecular weight is 322 g/mol. The van der Waals surface area contributed by atoms with Crippen LogP contribution in [0.5, 0.6) is 0 Å². The third kappa shape index (κ3) is 5.03. The lowest BCUT2D eigenvalue weighted by molar-refractivity contribution is -0.120. The van der Waals surface area contributed by atoms with Crippen molar-refractivity contribution in [3.8, 4) is 0 Å². The molecule has 120 valence electrons. The molecule has 0 saturated heterocycles. The van der Waals surface area contributed by atoms with Gasteiger partial charge in [-0.2, -0.15) is 0 Å². The summed E-state index contributed by atoms with van der Waals surface area (Å²) in [5.41, 5.74) is 2.07. The number of anilines is 1. The zero-order chi connectivity index (χ0) is 15.8. The lowest BCUT2D eigenvalue weighted by Crippen LogP contribution is -2.27. The highest BCUT2D eigenvalue weighted by Gasteiger charge is 2.23. The summed E-state index contributed by atoms with van der Waals surface area (Å²) in [4.78, 5) is 23.8. The third-order valence-electron chi connectivity index (χ3n) is 3.55. The van der Waals surface area contributed by atoms with Crippen LogP contribution in [0.4, 0.5) is 5.69 Å². The van der Waals surface area contributed by atoms with Gasteiger partial charge in [-0.15, -0.1) is 11.8 Å². The molecule has 0 fully saturated rings. The van der Waals surface area contributed by atoms with Crippen LogP contribution in [-0.2, 0) is 16.0 Å². The van der Waals surface area contributed by atoms with Gasteiger partial charge in [0.25, 0.3) is 0 Å². The summed E-state index contributed by atoms with van der Waals surface area (Å²) >= 11 is 1.53. The van der Waals surface area contributed by atoms with Gasteiger partial charge in [0.15, 0.2) is 0 Å². The van der Waals surface area contributed by atoms with E-state index in [1.54, 1.807) is 0 Å². The molecule has 2 amide bonds. The first-order chi connectivity index (χ1) is 10.7. The molecule has 1 heterocycles. The van der Waals surface area contributed by atoms with Crippen molar-refractivity contribution < 1.29 is 14.7 Å². The van der Waals surface area contributed by atoms with Crippen molar-refractivity contribution in [3.05, 3.63) is 29.8 Å². The first kappa shape index (κ1) is 16.8. The second-order valence-electron chi connectivity index (χ2n) is 5.22. The van der Waals surface area contributed by atoms with E-state index in [0.29, 0.717) is 25.1 Å². The Bertz CT molecular complexity index is 522. The molecule has 0 spiro atoms. The van der Waals surface area contributed by atoms with Gasteiger partial charge in [0.2, 0.25) is 11.8 Å². The van der Waals surface area contributed by atoms with E-state index in [0.717, 1.165) is 18.5 Å². The van der Waals surface area contributed by atoms with Crippen molar-refractivity contribution in [1.29, 1.82) is 0 Å². The lowest BCUT2D eigenvalue weighted by atomic mass is 10.1. The minimum atomic E-state index is -0.113. The molecule has 2 rings (SSSR count). The van der Waals surface area contributed by atoms with Gasteiger partial charge in [0.05, 0.1) is 5.25 Å². The van der Waals surface area contributed by atoms with Gasteiger partial charge in [0, 0.05) is 31.0 Å². The van der Waals surface area contributed by atoms with Crippen LogP contribution in [-0.4, -0.2) is 41.1 Å². The summed E-state index contributed by atoms with van der Waals surface area (Å²) < 4.78 is 0. The number of rotatable bonds is 7. The Morgan fingerprint density at radius 1 is 1.41 bits per heavy atom. The molecule has 22 heavy (non-hydrogen) atoms. The lowest BCUT2D eigenvalue weighted by Gasteiger charge is -2.12. The molecule has 1 aromatic carbocycles. The van der Waals surface area contributed by atoms with Crippen molar-refractivity contribution >= 4 is 29.3 Å².